The third-order valence-electron chi connectivity index (χ3n) is 3.30. The second-order valence-electron chi connectivity index (χ2n) is 4.33. The maximum absolute atomic E-state index is 5.83. The maximum atomic E-state index is 5.83. The Morgan fingerprint density at radius 2 is 2.00 bits per heavy atom. The zero-order valence-electron chi connectivity index (χ0n) is 8.50. The molecule has 2 aliphatic rings. The molecule has 1 aliphatic heterocycles. The van der Waals surface area contributed by atoms with Gasteiger partial charge in [0.25, 0.3) is 0 Å². The van der Waals surface area contributed by atoms with E-state index >= 15 is 0 Å². The van der Waals surface area contributed by atoms with Crippen molar-refractivity contribution in [3.05, 3.63) is 0 Å². The molecule has 1 aliphatic carbocycles. The topological polar surface area (TPSA) is 41.3 Å². The molecule has 3 heteroatoms. The van der Waals surface area contributed by atoms with E-state index in [4.69, 9.17) is 5.73 Å². The molecule has 0 amide bonds. The van der Waals surface area contributed by atoms with E-state index in [1.807, 2.05) is 0 Å². The van der Waals surface area contributed by atoms with Crippen LogP contribution in [-0.2, 0) is 0 Å². The minimum absolute atomic E-state index is 0.482. The Kier molecular flexibility index (Phi) is 2.86. The lowest BCUT2D eigenvalue weighted by Crippen LogP contribution is -2.44. The van der Waals surface area contributed by atoms with Gasteiger partial charge in [-0.05, 0) is 38.9 Å². The molecule has 0 aromatic heterocycles. The first-order valence-electron chi connectivity index (χ1n) is 5.54. The van der Waals surface area contributed by atoms with Crippen LogP contribution in [0.25, 0.3) is 0 Å². The number of hydrogen-bond acceptors (Lipinski definition) is 3. The second kappa shape index (κ2) is 3.95. The van der Waals surface area contributed by atoms with Crippen molar-refractivity contribution in [1.82, 2.24) is 10.2 Å². The van der Waals surface area contributed by atoms with Crippen molar-refractivity contribution in [2.24, 2.45) is 5.73 Å². The predicted molar refractivity (Wildman–Crippen MR) is 54.7 cm³/mol. The molecule has 2 unspecified atom stereocenters. The summed E-state index contributed by atoms with van der Waals surface area (Å²) in [4.78, 5) is 2.57. The summed E-state index contributed by atoms with van der Waals surface area (Å²) in [6, 6.07) is 1.97. The molecule has 3 nitrogen and oxygen atoms in total. The molecule has 13 heavy (non-hydrogen) atoms. The van der Waals surface area contributed by atoms with Crippen LogP contribution in [0.3, 0.4) is 0 Å². The van der Waals surface area contributed by atoms with Crippen LogP contribution in [0.4, 0.5) is 0 Å². The van der Waals surface area contributed by atoms with Gasteiger partial charge in [-0.3, -0.25) is 4.90 Å². The zero-order chi connectivity index (χ0) is 9.26. The highest BCUT2D eigenvalue weighted by molar-refractivity contribution is 5.00. The molecule has 2 rings (SSSR count). The fraction of sp³-hybridized carbons (Fsp3) is 1.00. The van der Waals surface area contributed by atoms with Crippen molar-refractivity contribution >= 4 is 0 Å². The summed E-state index contributed by atoms with van der Waals surface area (Å²) in [5, 5.41) is 3.52. The molecule has 1 saturated carbocycles. The van der Waals surface area contributed by atoms with Gasteiger partial charge in [-0.1, -0.05) is 6.92 Å². The molecule has 0 aromatic carbocycles. The van der Waals surface area contributed by atoms with E-state index in [2.05, 4.69) is 17.1 Å². The third kappa shape index (κ3) is 2.22. The van der Waals surface area contributed by atoms with E-state index in [1.165, 1.54) is 32.4 Å². The molecule has 1 heterocycles. The lowest BCUT2D eigenvalue weighted by atomic mass is 10.1. The maximum Gasteiger partial charge on any atom is 0.0263 e. The largest absolute Gasteiger partial charge is 0.326 e. The van der Waals surface area contributed by atoms with Gasteiger partial charge in [-0.15, -0.1) is 0 Å². The minimum Gasteiger partial charge on any atom is -0.326 e. The van der Waals surface area contributed by atoms with Gasteiger partial charge in [-0.25, -0.2) is 0 Å². The minimum atomic E-state index is 0.482. The molecule has 1 saturated heterocycles. The van der Waals surface area contributed by atoms with Gasteiger partial charge in [0.15, 0.2) is 0 Å². The number of nitrogens with one attached hydrogen (secondary N) is 1. The van der Waals surface area contributed by atoms with Gasteiger partial charge in [-0.2, -0.15) is 0 Å². The lowest BCUT2D eigenvalue weighted by molar-refractivity contribution is 0.188. The number of likely N-dealkylation sites (tertiary alicyclic amines) is 1. The van der Waals surface area contributed by atoms with Gasteiger partial charge in [0, 0.05) is 18.1 Å². The first kappa shape index (κ1) is 9.44. The number of nitrogens with zero attached hydrogens (tertiary/aromatic N) is 1. The summed E-state index contributed by atoms with van der Waals surface area (Å²) >= 11 is 0. The van der Waals surface area contributed by atoms with Crippen LogP contribution in [0.15, 0.2) is 0 Å². The molecule has 3 N–H and O–H groups in total. The number of nitrogens with two attached hydrogens (primary N) is 1. The molecule has 0 aromatic rings. The van der Waals surface area contributed by atoms with E-state index in [0.29, 0.717) is 6.04 Å². The summed E-state index contributed by atoms with van der Waals surface area (Å²) in [6.07, 6.45) is 3.83. The molecule has 0 radical (unpaired) electrons. The van der Waals surface area contributed by atoms with E-state index in [9.17, 15) is 0 Å². The average molecular weight is 183 g/mol. The fourth-order valence-corrected chi connectivity index (χ4v) is 2.34. The molecular formula is C10H21N3. The van der Waals surface area contributed by atoms with Crippen molar-refractivity contribution in [3.63, 3.8) is 0 Å². The molecule has 76 valence electrons. The van der Waals surface area contributed by atoms with Crippen molar-refractivity contribution in [2.45, 2.75) is 44.3 Å². The van der Waals surface area contributed by atoms with E-state index in [-0.39, 0.29) is 0 Å². The van der Waals surface area contributed by atoms with Crippen LogP contribution in [0.5, 0.6) is 0 Å². The fourth-order valence-electron chi connectivity index (χ4n) is 2.34. The van der Waals surface area contributed by atoms with Crippen LogP contribution in [0.2, 0.25) is 0 Å². The highest BCUT2D eigenvalue weighted by atomic mass is 15.2. The van der Waals surface area contributed by atoms with E-state index in [0.717, 1.165) is 18.6 Å². The molecule has 0 spiro atoms. The Balaban J connectivity index is 1.70. The van der Waals surface area contributed by atoms with Gasteiger partial charge in [0.05, 0.1) is 0 Å². The van der Waals surface area contributed by atoms with Crippen LogP contribution in [0.1, 0.15) is 26.2 Å². The highest BCUT2D eigenvalue weighted by Gasteiger charge is 2.39. The Bertz CT molecular complexity index is 164. The highest BCUT2D eigenvalue weighted by Crippen LogP contribution is 2.28. The smallest absolute Gasteiger partial charge is 0.0263 e. The number of piperidine rings is 1. The SMILES string of the molecule is CCNC1CCN(C2CC2N)CC1. The molecule has 0 bridgehead atoms. The van der Waals surface area contributed by atoms with Crippen molar-refractivity contribution < 1.29 is 0 Å². The molecule has 2 fully saturated rings. The Morgan fingerprint density at radius 1 is 1.38 bits per heavy atom. The monoisotopic (exact) mass is 183 g/mol. The van der Waals surface area contributed by atoms with Crippen LogP contribution < -0.4 is 11.1 Å². The summed E-state index contributed by atoms with van der Waals surface area (Å²) in [7, 11) is 0. The van der Waals surface area contributed by atoms with Crippen molar-refractivity contribution in [2.75, 3.05) is 19.6 Å². The lowest BCUT2D eigenvalue weighted by Gasteiger charge is -2.32. The molecule has 2 atom stereocenters. The first-order valence-corrected chi connectivity index (χ1v) is 5.54. The third-order valence-corrected chi connectivity index (χ3v) is 3.30. The Morgan fingerprint density at radius 3 is 2.46 bits per heavy atom. The van der Waals surface area contributed by atoms with Crippen LogP contribution in [-0.4, -0.2) is 42.7 Å². The summed E-state index contributed by atoms with van der Waals surface area (Å²) in [5.41, 5.74) is 5.83. The molecular weight excluding hydrogens is 162 g/mol. The van der Waals surface area contributed by atoms with Crippen LogP contribution in [0, 0.1) is 0 Å². The summed E-state index contributed by atoms with van der Waals surface area (Å²) in [6.45, 7) is 5.78. The normalized spacial score (nSPS) is 36.5. The van der Waals surface area contributed by atoms with E-state index in [1.54, 1.807) is 0 Å². The summed E-state index contributed by atoms with van der Waals surface area (Å²) in [5.74, 6) is 0. The van der Waals surface area contributed by atoms with Gasteiger partial charge >= 0.3 is 0 Å². The standard InChI is InChI=1S/C10H21N3/c1-2-12-8-3-5-13(6-4-8)10-7-9(10)11/h8-10,12H,2-7,11H2,1H3. The second-order valence-corrected chi connectivity index (χ2v) is 4.33. The van der Waals surface area contributed by atoms with Gasteiger partial charge < -0.3 is 11.1 Å². The van der Waals surface area contributed by atoms with Gasteiger partial charge in [0.1, 0.15) is 0 Å². The predicted octanol–water partition coefficient (Wildman–Crippen LogP) is 0.160. The number of hydrogen-bond donors (Lipinski definition) is 2. The van der Waals surface area contributed by atoms with Crippen molar-refractivity contribution in [1.29, 1.82) is 0 Å². The Hall–Kier alpha value is -0.120. The average Bonchev–Trinajstić information content (AvgIpc) is 2.85. The van der Waals surface area contributed by atoms with Crippen molar-refractivity contribution in [3.8, 4) is 0 Å². The first-order chi connectivity index (χ1) is 6.31. The summed E-state index contributed by atoms with van der Waals surface area (Å²) < 4.78 is 0. The van der Waals surface area contributed by atoms with E-state index < -0.39 is 0 Å². The van der Waals surface area contributed by atoms with Gasteiger partial charge in [0.2, 0.25) is 0 Å². The van der Waals surface area contributed by atoms with Crippen LogP contribution >= 0.6 is 0 Å². The zero-order valence-corrected chi connectivity index (χ0v) is 8.50. The Labute approximate surface area is 80.7 Å². The number of rotatable bonds is 3. The quantitative estimate of drug-likeness (QED) is 0.655.